The average Bonchev–Trinajstić information content (AvgIpc) is 2.99. The molecule has 0 saturated heterocycles. The topological polar surface area (TPSA) is 38.7 Å². The van der Waals surface area contributed by atoms with Gasteiger partial charge in [0.1, 0.15) is 4.33 Å². The van der Waals surface area contributed by atoms with Gasteiger partial charge in [0, 0.05) is 18.6 Å². The molecule has 1 fully saturated rings. The highest BCUT2D eigenvalue weighted by Crippen LogP contribution is 2.62. The minimum atomic E-state index is -0.980. The van der Waals surface area contributed by atoms with Gasteiger partial charge >= 0.3 is 0 Å². The molecule has 3 rings (SSSR count). The first-order valence-corrected chi connectivity index (χ1v) is 17.1. The fourth-order valence-corrected chi connectivity index (χ4v) is 6.84. The van der Waals surface area contributed by atoms with Gasteiger partial charge in [0.25, 0.3) is 0 Å². The molecule has 1 N–H and O–H groups in total. The molecule has 2 aromatic carbocycles. The Morgan fingerprint density at radius 1 is 0.561 bits per heavy atom. The van der Waals surface area contributed by atoms with Crippen molar-refractivity contribution in [1.82, 2.24) is 0 Å². The minimum absolute atomic E-state index is 0.109. The highest BCUT2D eigenvalue weighted by molar-refractivity contribution is 6.50. The van der Waals surface area contributed by atoms with Crippen molar-refractivity contribution in [3.63, 3.8) is 0 Å². The molecule has 0 aromatic heterocycles. The first kappa shape index (κ1) is 34.4. The first-order chi connectivity index (χ1) is 20.0. The summed E-state index contributed by atoms with van der Waals surface area (Å²) in [6.07, 6.45) is 19.4. The number of benzene rings is 2. The van der Waals surface area contributed by atoms with Crippen molar-refractivity contribution < 1.29 is 14.6 Å². The van der Waals surface area contributed by atoms with Gasteiger partial charge < -0.3 is 14.6 Å². The lowest BCUT2D eigenvalue weighted by atomic mass is 9.60. The van der Waals surface area contributed by atoms with Gasteiger partial charge in [-0.25, -0.2) is 0 Å². The smallest absolute Gasteiger partial charge is 0.149 e. The zero-order chi connectivity index (χ0) is 29.1. The minimum Gasteiger partial charge on any atom is -0.390 e. The maximum atomic E-state index is 10.3. The molecule has 5 heteroatoms. The fraction of sp³-hybridized carbons (Fsp3) is 0.667. The molecule has 0 aliphatic heterocycles. The summed E-state index contributed by atoms with van der Waals surface area (Å²) in [5, 5.41) is 10.3. The van der Waals surface area contributed by atoms with Gasteiger partial charge in [-0.05, 0) is 43.2 Å². The highest BCUT2D eigenvalue weighted by atomic mass is 35.5. The van der Waals surface area contributed by atoms with Crippen LogP contribution in [0.1, 0.15) is 120 Å². The van der Waals surface area contributed by atoms with Crippen molar-refractivity contribution in [2.45, 2.75) is 133 Å². The summed E-state index contributed by atoms with van der Waals surface area (Å²) in [6, 6.07) is 20.8. The van der Waals surface area contributed by atoms with Crippen molar-refractivity contribution >= 4 is 23.2 Å². The molecule has 230 valence electrons. The molecule has 0 amide bonds. The first-order valence-electron chi connectivity index (χ1n) is 16.3. The molecule has 0 bridgehead atoms. The number of rotatable bonds is 24. The number of aliphatic hydroxyl groups excluding tert-OH is 1. The van der Waals surface area contributed by atoms with Crippen molar-refractivity contribution in [3.8, 4) is 0 Å². The predicted molar refractivity (Wildman–Crippen MR) is 174 cm³/mol. The summed E-state index contributed by atoms with van der Waals surface area (Å²) in [6.45, 7) is 3.12. The number of ether oxygens (including phenoxy) is 2. The molecule has 3 nitrogen and oxygen atoms in total. The second-order valence-electron chi connectivity index (χ2n) is 12.1. The van der Waals surface area contributed by atoms with Crippen LogP contribution in [0.4, 0.5) is 0 Å². The van der Waals surface area contributed by atoms with Crippen LogP contribution in [0.2, 0.25) is 0 Å². The lowest BCUT2D eigenvalue weighted by molar-refractivity contribution is -0.0593. The van der Waals surface area contributed by atoms with Crippen LogP contribution in [-0.2, 0) is 22.7 Å². The van der Waals surface area contributed by atoms with Gasteiger partial charge in [0.2, 0.25) is 0 Å². The van der Waals surface area contributed by atoms with E-state index >= 15 is 0 Å². The summed E-state index contributed by atoms with van der Waals surface area (Å²) in [7, 11) is 0. The molecule has 0 heterocycles. The van der Waals surface area contributed by atoms with E-state index in [1.54, 1.807) is 0 Å². The number of unbranched alkanes of at least 4 members (excludes halogenated alkanes) is 12. The van der Waals surface area contributed by atoms with E-state index < -0.39 is 10.4 Å². The lowest BCUT2D eigenvalue weighted by Crippen LogP contribution is -2.60. The Balaban J connectivity index is 1.15. The van der Waals surface area contributed by atoms with Crippen molar-refractivity contribution in [3.05, 3.63) is 71.8 Å². The predicted octanol–water partition coefficient (Wildman–Crippen LogP) is 10.6. The van der Waals surface area contributed by atoms with Crippen molar-refractivity contribution in [2.75, 3.05) is 13.2 Å². The fourth-order valence-electron chi connectivity index (χ4n) is 6.15. The molecule has 1 aliphatic rings. The third kappa shape index (κ3) is 12.6. The third-order valence-corrected chi connectivity index (χ3v) is 10.1. The summed E-state index contributed by atoms with van der Waals surface area (Å²) in [4.78, 5) is 0. The standard InChI is InChI=1S/C36H54Cl2O3/c37-36(38)34(39)29-35(36,25-17-7-3-1-5-9-19-27-40-30-32-21-13-11-14-22-32)26-18-8-4-2-6-10-20-28-41-31-33-23-15-12-16-24-33/h11-16,21-24,34,39H,1-10,17-20,25-31H2. The maximum Gasteiger partial charge on any atom is 0.149 e. The van der Waals surface area contributed by atoms with E-state index in [9.17, 15) is 5.11 Å². The summed E-state index contributed by atoms with van der Waals surface area (Å²) < 4.78 is 10.6. The van der Waals surface area contributed by atoms with Crippen LogP contribution in [0.25, 0.3) is 0 Å². The van der Waals surface area contributed by atoms with Crippen LogP contribution in [-0.4, -0.2) is 28.8 Å². The Hall–Kier alpha value is -1.10. The van der Waals surface area contributed by atoms with E-state index in [2.05, 4.69) is 48.5 Å². The quantitative estimate of drug-likeness (QED) is 0.0956. The Kier molecular flexibility index (Phi) is 16.7. The summed E-state index contributed by atoms with van der Waals surface area (Å²) >= 11 is 13.4. The average molecular weight is 606 g/mol. The van der Waals surface area contributed by atoms with E-state index in [-0.39, 0.29) is 5.41 Å². The molecule has 2 aromatic rings. The van der Waals surface area contributed by atoms with Crippen molar-refractivity contribution in [1.29, 1.82) is 0 Å². The van der Waals surface area contributed by atoms with E-state index in [1.807, 2.05) is 12.1 Å². The lowest BCUT2D eigenvalue weighted by Gasteiger charge is -2.56. The second kappa shape index (κ2) is 20.0. The Morgan fingerprint density at radius 3 is 1.29 bits per heavy atom. The second-order valence-corrected chi connectivity index (χ2v) is 13.5. The zero-order valence-electron chi connectivity index (χ0n) is 25.2. The van der Waals surface area contributed by atoms with E-state index in [4.69, 9.17) is 32.7 Å². The Labute approximate surface area is 260 Å². The third-order valence-electron chi connectivity index (χ3n) is 8.82. The molecule has 41 heavy (non-hydrogen) atoms. The van der Waals surface area contributed by atoms with Crippen LogP contribution in [0.5, 0.6) is 0 Å². The number of hydrogen-bond donors (Lipinski definition) is 1. The van der Waals surface area contributed by atoms with Crippen LogP contribution in [0, 0.1) is 5.41 Å². The molecule has 0 spiro atoms. The van der Waals surface area contributed by atoms with Gasteiger partial charge in [0.05, 0.1) is 19.3 Å². The molecule has 1 aliphatic carbocycles. The number of hydrogen-bond acceptors (Lipinski definition) is 3. The molecule has 1 unspecified atom stereocenters. The Morgan fingerprint density at radius 2 is 0.927 bits per heavy atom. The van der Waals surface area contributed by atoms with Gasteiger partial charge in [-0.3, -0.25) is 0 Å². The Bertz CT molecular complexity index is 844. The van der Waals surface area contributed by atoms with Crippen LogP contribution in [0.3, 0.4) is 0 Å². The van der Waals surface area contributed by atoms with Gasteiger partial charge in [-0.1, -0.05) is 161 Å². The monoisotopic (exact) mass is 604 g/mol. The van der Waals surface area contributed by atoms with Gasteiger partial charge in [0.15, 0.2) is 0 Å². The van der Waals surface area contributed by atoms with Gasteiger partial charge in [-0.2, -0.15) is 0 Å². The SMILES string of the molecule is OC1CC(CCCCCCCCCOCc2ccccc2)(CCCCCCCCCOCc2ccccc2)C1(Cl)Cl. The molecule has 1 atom stereocenters. The maximum absolute atomic E-state index is 10.3. The largest absolute Gasteiger partial charge is 0.390 e. The van der Waals surface area contributed by atoms with Crippen molar-refractivity contribution in [2.24, 2.45) is 5.41 Å². The molecular formula is C36H54Cl2O3. The molecule has 1 saturated carbocycles. The van der Waals surface area contributed by atoms with Crippen LogP contribution in [0.15, 0.2) is 60.7 Å². The van der Waals surface area contributed by atoms with Crippen LogP contribution < -0.4 is 0 Å². The zero-order valence-corrected chi connectivity index (χ0v) is 26.7. The summed E-state index contributed by atoms with van der Waals surface area (Å²) in [5.74, 6) is 0. The highest BCUT2D eigenvalue weighted by Gasteiger charge is 2.62. The number of aliphatic hydroxyl groups is 1. The molecular weight excluding hydrogens is 551 g/mol. The van der Waals surface area contributed by atoms with E-state index in [1.165, 1.54) is 75.3 Å². The molecule has 0 radical (unpaired) electrons. The summed E-state index contributed by atoms with van der Waals surface area (Å²) in [5.41, 5.74) is 2.38. The van der Waals surface area contributed by atoms with E-state index in [0.717, 1.165) is 58.2 Å². The normalized spacial score (nSPS) is 17.4. The van der Waals surface area contributed by atoms with Gasteiger partial charge in [-0.15, -0.1) is 0 Å². The number of alkyl halides is 2. The van der Waals surface area contributed by atoms with E-state index in [0.29, 0.717) is 13.2 Å². The van der Waals surface area contributed by atoms with Crippen LogP contribution >= 0.6 is 23.2 Å². The number of halogens is 2.